The van der Waals surface area contributed by atoms with Gasteiger partial charge in [0.2, 0.25) is 11.8 Å². The molecule has 520 valence electrons. The number of hydrogen-bond acceptors (Lipinski definition) is 25. The van der Waals surface area contributed by atoms with Crippen molar-refractivity contribution in [2.24, 2.45) is 0 Å². The molecule has 2 aliphatic heterocycles. The minimum Gasteiger partial charge on any atom is -0.490 e. The average Bonchev–Trinajstić information content (AvgIpc) is 0.832. The van der Waals surface area contributed by atoms with Crippen molar-refractivity contribution < 1.29 is 92.1 Å². The number of ether oxygens (including phenoxy) is 5. The minimum absolute atomic E-state index is 0.0145. The van der Waals surface area contributed by atoms with E-state index in [1.54, 1.807) is 54.1 Å². The number of nitrogens with zero attached hydrogens (tertiary/aromatic N) is 3. The highest BCUT2D eigenvalue weighted by Crippen LogP contribution is 2.46. The van der Waals surface area contributed by atoms with E-state index in [9.17, 15) is 64.3 Å². The largest absolute Gasteiger partial charge is 0.490 e. The molecule has 1 saturated heterocycles. The van der Waals surface area contributed by atoms with Crippen LogP contribution in [0, 0.1) is 17.3 Å². The zero-order valence-electron chi connectivity index (χ0n) is 52.5. The lowest BCUT2D eigenvalue weighted by molar-refractivity contribution is -0.126. The van der Waals surface area contributed by atoms with E-state index < -0.39 is 114 Å². The Hall–Kier alpha value is -6.76. The first-order valence-electron chi connectivity index (χ1n) is 29.1. The number of phosphoric acid groups is 1. The van der Waals surface area contributed by atoms with E-state index in [-0.39, 0.29) is 133 Å². The maximum absolute atomic E-state index is 14.2. The van der Waals surface area contributed by atoms with Crippen molar-refractivity contribution in [2.75, 3.05) is 84.0 Å². The first-order valence-corrected chi connectivity index (χ1v) is 38.3. The second kappa shape index (κ2) is 34.1. The molecule has 2 unspecified atom stereocenters. The molecule has 3 aromatic carbocycles. The Labute approximate surface area is 568 Å². The number of rotatable bonds is 32. The molecule has 1 fully saturated rings. The molecule has 37 heteroatoms. The summed E-state index contributed by atoms with van der Waals surface area (Å²) in [7, 11) is -7.78. The van der Waals surface area contributed by atoms with E-state index in [1.165, 1.54) is 80.9 Å². The summed E-state index contributed by atoms with van der Waals surface area (Å²) >= 11 is 0. The first-order chi connectivity index (χ1) is 45.2. The van der Waals surface area contributed by atoms with E-state index in [1.807, 2.05) is 27.0 Å². The van der Waals surface area contributed by atoms with E-state index in [2.05, 4.69) is 37.3 Å². The van der Waals surface area contributed by atoms with E-state index in [0.717, 1.165) is 10.6 Å². The Kier molecular flexibility index (Phi) is 27.2. The van der Waals surface area contributed by atoms with Crippen LogP contribution in [0.4, 0.5) is 11.5 Å². The zero-order chi connectivity index (χ0) is 70.3. The number of anilines is 2. The molecule has 3 heterocycles. The summed E-state index contributed by atoms with van der Waals surface area (Å²) in [6, 6.07) is 17.5. The Balaban J connectivity index is 0.843. The van der Waals surface area contributed by atoms with Gasteiger partial charge in [-0.2, -0.15) is 21.8 Å². The average molecular weight is 1470 g/mol. The van der Waals surface area contributed by atoms with Crippen LogP contribution in [-0.2, 0) is 57.9 Å². The Morgan fingerprint density at radius 1 is 0.938 bits per heavy atom. The van der Waals surface area contributed by atoms with Gasteiger partial charge in [0.15, 0.2) is 21.1 Å². The van der Waals surface area contributed by atoms with E-state index in [0.29, 0.717) is 5.75 Å². The lowest BCUT2D eigenvalue weighted by Crippen LogP contribution is -2.35. The summed E-state index contributed by atoms with van der Waals surface area (Å²) in [6.07, 6.45) is 0.913. The van der Waals surface area contributed by atoms with Crippen molar-refractivity contribution in [3.63, 3.8) is 0 Å². The summed E-state index contributed by atoms with van der Waals surface area (Å²) < 4.78 is 124. The molecule has 12 N–H and O–H groups in total. The van der Waals surface area contributed by atoms with Gasteiger partial charge in [-0.15, -0.1) is 0 Å². The molecule has 0 spiro atoms. The lowest BCUT2D eigenvalue weighted by Gasteiger charge is -2.22. The standard InChI is InChI=1S/C59H72N9O21PS6/c1-34(92-91-6)87-44-29-48(88-45(44)31-86-90(74,75)76)68-30-36(55(62)66-58(68)73)13-10-22-63-47(70)32-83-26-27-84-49(93-94-59(2,3)4)33-85-37-14-9-12-35(28-37)56(71)65-24-23-64-46(69)17-11-25-67(5)57(72)39-16-8-7-15-38(39)50-40-18-20-42(60)53(95(77,78)79)51(40)89-52-41(50)19-21-43(61)54(52)96(80,81)82/h7-9,12,14-16,18-21,28,30,34,44-45,48-49,60H,11,17,22-27,29,31-33,61H2,1-6H3,(H,63,70)(H,64,69)(H,65,71)(H2,62,66,73)(H2,74,75,76)(H,77,78,79)(H,80,81,82)/t34-,44?,45-,48-,49?/m1/s1. The molecule has 4 amide bonds. The summed E-state index contributed by atoms with van der Waals surface area (Å²) in [6.45, 7) is 7.38. The van der Waals surface area contributed by atoms with Crippen molar-refractivity contribution >= 4 is 117 Å². The maximum Gasteiger partial charge on any atom is 0.469 e. The number of nitrogens with one attached hydrogen (secondary N) is 4. The van der Waals surface area contributed by atoms with Gasteiger partial charge in [-0.3, -0.25) is 42.8 Å². The third-order valence-electron chi connectivity index (χ3n) is 13.6. The van der Waals surface area contributed by atoms with Gasteiger partial charge in [0.05, 0.1) is 49.1 Å². The molecule has 96 heavy (non-hydrogen) atoms. The summed E-state index contributed by atoms with van der Waals surface area (Å²) in [4.78, 5) is 87.8. The maximum atomic E-state index is 14.2. The molecule has 0 saturated carbocycles. The van der Waals surface area contributed by atoms with Crippen LogP contribution < -0.4 is 43.2 Å². The van der Waals surface area contributed by atoms with Crippen LogP contribution in [0.15, 0.2) is 98.0 Å². The normalized spacial score (nSPS) is 15.8. The quantitative estimate of drug-likeness (QED) is 0.00363. The fourth-order valence-corrected chi connectivity index (χ4v) is 14.9. The first kappa shape index (κ1) is 76.6. The molecule has 3 aliphatic rings. The van der Waals surface area contributed by atoms with Crippen LogP contribution in [0.3, 0.4) is 0 Å². The molecule has 5 atom stereocenters. The van der Waals surface area contributed by atoms with Crippen LogP contribution in [0.25, 0.3) is 33.4 Å². The predicted octanol–water partition coefficient (Wildman–Crippen LogP) is 5.52. The number of amides is 4. The van der Waals surface area contributed by atoms with E-state index >= 15 is 0 Å². The molecular formula is C59H72N9O21PS6. The number of nitrogens with two attached hydrogens (primary N) is 2. The van der Waals surface area contributed by atoms with E-state index in [4.69, 9.17) is 45.0 Å². The summed E-state index contributed by atoms with van der Waals surface area (Å²) in [5, 5.41) is 15.7. The van der Waals surface area contributed by atoms with Crippen molar-refractivity contribution in [1.29, 1.82) is 5.41 Å². The van der Waals surface area contributed by atoms with Crippen LogP contribution in [0.5, 0.6) is 5.75 Å². The fourth-order valence-electron chi connectivity index (χ4n) is 9.49. The fraction of sp³-hybridized carbons (Fsp3) is 0.407. The molecule has 1 aliphatic carbocycles. The topological polar surface area (TPSA) is 453 Å². The SMILES string of the molecule is CSS[C@H](C)OC1C[C@H](n2cc(C#CCNC(=O)COCCOC(COc3cccc(C(=O)NCCNC(=O)CCCN(C)C(=O)c4ccccc4-c4c5ccc(=N)c(S(=O)(=O)O)c-5oc5c(S(=O)(=O)O)c(N)ccc45)c3)SSC(C)(C)C)c(N)nc2=O)O[C@@H]1COP(=O)(O)O. The zero-order valence-corrected chi connectivity index (χ0v) is 58.3. The van der Waals surface area contributed by atoms with Crippen LogP contribution >= 0.6 is 51.0 Å². The second-order valence-electron chi connectivity index (χ2n) is 22.0. The van der Waals surface area contributed by atoms with Crippen LogP contribution in [0.1, 0.15) is 79.5 Å². The van der Waals surface area contributed by atoms with Crippen molar-refractivity contribution in [1.82, 2.24) is 30.4 Å². The number of hydrogen-bond donors (Lipinski definition) is 10. The molecular weight excluding hydrogens is 1390 g/mol. The van der Waals surface area contributed by atoms with Gasteiger partial charge in [0.1, 0.15) is 48.0 Å². The Morgan fingerprint density at radius 3 is 2.38 bits per heavy atom. The lowest BCUT2D eigenvalue weighted by atomic mass is 9.90. The van der Waals surface area contributed by atoms with Crippen LogP contribution in [-0.4, -0.2) is 174 Å². The highest BCUT2D eigenvalue weighted by atomic mass is 33.1. The number of carbonyl (C=O) groups is 4. The van der Waals surface area contributed by atoms with Gasteiger partial charge in [-0.1, -0.05) is 100 Å². The monoisotopic (exact) mass is 1470 g/mol. The molecule has 30 nitrogen and oxygen atoms in total. The number of aromatic nitrogens is 2. The number of phosphoric ester groups is 1. The number of benzene rings is 4. The van der Waals surface area contributed by atoms with Crippen LogP contribution in [0.2, 0.25) is 0 Å². The third kappa shape index (κ3) is 21.9. The van der Waals surface area contributed by atoms with Crippen molar-refractivity contribution in [3.05, 3.63) is 112 Å². The van der Waals surface area contributed by atoms with Gasteiger partial charge in [0, 0.05) is 78.1 Å². The number of fused-ring (bicyclic) bond motifs is 2. The van der Waals surface area contributed by atoms with Gasteiger partial charge < -0.3 is 70.2 Å². The highest BCUT2D eigenvalue weighted by Gasteiger charge is 2.40. The van der Waals surface area contributed by atoms with Gasteiger partial charge in [-0.05, 0) is 73.7 Å². The summed E-state index contributed by atoms with van der Waals surface area (Å²) in [5.74, 6) is 3.27. The van der Waals surface area contributed by atoms with Gasteiger partial charge in [-0.25, -0.2) is 9.36 Å². The molecule has 4 aromatic rings. The molecule has 0 radical (unpaired) electrons. The number of carbonyl (C=O) groups excluding carboxylic acids is 4. The van der Waals surface area contributed by atoms with Gasteiger partial charge >= 0.3 is 13.5 Å². The third-order valence-corrected chi connectivity index (χ3v) is 21.5. The number of nitrogen functional groups attached to an aromatic ring is 2. The highest BCUT2D eigenvalue weighted by molar-refractivity contribution is 8.77. The second-order valence-corrected chi connectivity index (χ2v) is 31.9. The Bertz CT molecular complexity index is 4260. The Morgan fingerprint density at radius 2 is 1.67 bits per heavy atom. The molecule has 1 aromatic heterocycles. The van der Waals surface area contributed by atoms with Gasteiger partial charge in [0.25, 0.3) is 32.1 Å². The smallest absolute Gasteiger partial charge is 0.469 e. The summed E-state index contributed by atoms with van der Waals surface area (Å²) in [5.41, 5.74) is 9.95. The molecule has 7 rings (SSSR count). The van der Waals surface area contributed by atoms with Crippen molar-refractivity contribution in [2.45, 2.75) is 90.8 Å². The minimum atomic E-state index is -5.18. The van der Waals surface area contributed by atoms with Crippen molar-refractivity contribution in [3.8, 4) is 40.0 Å². The predicted molar refractivity (Wildman–Crippen MR) is 362 cm³/mol. The molecule has 0 bridgehead atoms.